The lowest BCUT2D eigenvalue weighted by Crippen LogP contribution is -2.43. The van der Waals surface area contributed by atoms with Crippen LogP contribution >= 0.6 is 0 Å². The van der Waals surface area contributed by atoms with Crippen LogP contribution < -0.4 is 15.4 Å². The fourth-order valence-corrected chi connectivity index (χ4v) is 2.16. The van der Waals surface area contributed by atoms with Gasteiger partial charge in [-0.05, 0) is 38.1 Å². The number of nitrogens with one attached hydrogen (secondary N) is 2. The molecule has 1 fully saturated rings. The summed E-state index contributed by atoms with van der Waals surface area (Å²) in [4.78, 5) is 0. The summed E-state index contributed by atoms with van der Waals surface area (Å²) < 4.78 is 18.4. The van der Waals surface area contributed by atoms with Gasteiger partial charge in [0.1, 0.15) is 11.6 Å². The first-order valence-electron chi connectivity index (χ1n) is 5.91. The lowest BCUT2D eigenvalue weighted by Gasteiger charge is -2.25. The van der Waals surface area contributed by atoms with Crippen LogP contribution in [-0.4, -0.2) is 25.7 Å². The first-order chi connectivity index (χ1) is 8.13. The minimum absolute atomic E-state index is 0.0946. The van der Waals surface area contributed by atoms with Crippen LogP contribution in [0, 0.1) is 5.82 Å². The summed E-state index contributed by atoms with van der Waals surface area (Å²) in [5.74, 6) is 0.505. The Balaban J connectivity index is 2.05. The number of halogens is 1. The highest BCUT2D eigenvalue weighted by molar-refractivity contribution is 5.34. The van der Waals surface area contributed by atoms with Gasteiger partial charge in [0, 0.05) is 24.2 Å². The molecule has 1 aromatic carbocycles. The molecule has 2 rings (SSSR count). The van der Waals surface area contributed by atoms with Gasteiger partial charge >= 0.3 is 0 Å². The molecular formula is C13H19FN2O. The number of benzene rings is 1. The highest BCUT2D eigenvalue weighted by Crippen LogP contribution is 2.21. The third-order valence-electron chi connectivity index (χ3n) is 3.32. The third-order valence-corrected chi connectivity index (χ3v) is 3.32. The van der Waals surface area contributed by atoms with Gasteiger partial charge in [0.05, 0.1) is 7.11 Å². The Morgan fingerprint density at radius 1 is 1.53 bits per heavy atom. The molecule has 17 heavy (non-hydrogen) atoms. The van der Waals surface area contributed by atoms with Gasteiger partial charge in [-0.2, -0.15) is 0 Å². The second-order valence-corrected chi connectivity index (χ2v) is 4.80. The first-order valence-corrected chi connectivity index (χ1v) is 5.91. The second-order valence-electron chi connectivity index (χ2n) is 4.80. The normalized spacial score (nSPS) is 23.9. The molecule has 1 atom stereocenters. The largest absolute Gasteiger partial charge is 0.496 e. The molecule has 0 aromatic heterocycles. The summed E-state index contributed by atoms with van der Waals surface area (Å²) in [5.41, 5.74) is 0.956. The van der Waals surface area contributed by atoms with Crippen LogP contribution in [0.25, 0.3) is 0 Å². The van der Waals surface area contributed by atoms with E-state index >= 15 is 0 Å². The van der Waals surface area contributed by atoms with Crippen molar-refractivity contribution in [2.75, 3.05) is 20.2 Å². The van der Waals surface area contributed by atoms with E-state index in [-0.39, 0.29) is 11.4 Å². The van der Waals surface area contributed by atoms with Gasteiger partial charge in [0.15, 0.2) is 0 Å². The Bertz CT molecular complexity index is 389. The van der Waals surface area contributed by atoms with Gasteiger partial charge in [0.25, 0.3) is 0 Å². The SMILES string of the molecule is COc1ccc(F)cc1CNC1(C)CCNC1. The van der Waals surface area contributed by atoms with Gasteiger partial charge in [-0.25, -0.2) is 4.39 Å². The zero-order valence-corrected chi connectivity index (χ0v) is 10.3. The molecule has 3 nitrogen and oxygen atoms in total. The lowest BCUT2D eigenvalue weighted by atomic mass is 10.0. The molecule has 1 heterocycles. The summed E-state index contributed by atoms with van der Waals surface area (Å²) in [7, 11) is 1.61. The molecule has 94 valence electrons. The zero-order chi connectivity index (χ0) is 12.3. The highest BCUT2D eigenvalue weighted by atomic mass is 19.1. The first kappa shape index (κ1) is 12.3. The fourth-order valence-electron chi connectivity index (χ4n) is 2.16. The topological polar surface area (TPSA) is 33.3 Å². The Morgan fingerprint density at radius 3 is 3.00 bits per heavy atom. The van der Waals surface area contributed by atoms with E-state index in [4.69, 9.17) is 4.74 Å². The zero-order valence-electron chi connectivity index (χ0n) is 10.3. The van der Waals surface area contributed by atoms with Gasteiger partial charge in [0.2, 0.25) is 0 Å². The highest BCUT2D eigenvalue weighted by Gasteiger charge is 2.27. The maximum absolute atomic E-state index is 13.2. The van der Waals surface area contributed by atoms with Crippen LogP contribution in [0.3, 0.4) is 0 Å². The molecule has 1 aliphatic rings. The summed E-state index contributed by atoms with van der Waals surface area (Å²) in [5, 5.41) is 6.79. The summed E-state index contributed by atoms with van der Waals surface area (Å²) in [6.07, 6.45) is 1.09. The Labute approximate surface area is 101 Å². The van der Waals surface area contributed by atoms with Crippen LogP contribution in [0.5, 0.6) is 5.75 Å². The summed E-state index contributed by atoms with van der Waals surface area (Å²) in [6.45, 7) is 4.78. The molecule has 0 spiro atoms. The predicted molar refractivity (Wildman–Crippen MR) is 65.7 cm³/mol. The molecule has 0 aliphatic carbocycles. The van der Waals surface area contributed by atoms with Crippen molar-refractivity contribution in [3.8, 4) is 5.75 Å². The fraction of sp³-hybridized carbons (Fsp3) is 0.538. The molecule has 0 amide bonds. The van der Waals surface area contributed by atoms with E-state index in [0.29, 0.717) is 6.54 Å². The van der Waals surface area contributed by atoms with Crippen LogP contribution in [0.1, 0.15) is 18.9 Å². The Hall–Kier alpha value is -1.13. The van der Waals surface area contributed by atoms with Crippen molar-refractivity contribution in [3.63, 3.8) is 0 Å². The van der Waals surface area contributed by atoms with Crippen molar-refractivity contribution >= 4 is 0 Å². The van der Waals surface area contributed by atoms with E-state index in [1.807, 2.05) is 0 Å². The quantitative estimate of drug-likeness (QED) is 0.837. The lowest BCUT2D eigenvalue weighted by molar-refractivity contribution is 0.371. The molecule has 0 saturated carbocycles. The van der Waals surface area contributed by atoms with Crippen molar-refractivity contribution in [1.29, 1.82) is 0 Å². The smallest absolute Gasteiger partial charge is 0.123 e. The van der Waals surface area contributed by atoms with Crippen LogP contribution in [0.4, 0.5) is 4.39 Å². The Kier molecular flexibility index (Phi) is 3.64. The van der Waals surface area contributed by atoms with Crippen molar-refractivity contribution in [2.45, 2.75) is 25.4 Å². The molecular weight excluding hydrogens is 219 g/mol. The summed E-state index contributed by atoms with van der Waals surface area (Å²) >= 11 is 0. The monoisotopic (exact) mass is 238 g/mol. The van der Waals surface area contributed by atoms with E-state index < -0.39 is 0 Å². The summed E-state index contributed by atoms with van der Waals surface area (Å²) in [6, 6.07) is 4.61. The Morgan fingerprint density at radius 2 is 2.35 bits per heavy atom. The number of hydrogen-bond donors (Lipinski definition) is 2. The van der Waals surface area contributed by atoms with Gasteiger partial charge in [-0.15, -0.1) is 0 Å². The molecule has 1 saturated heterocycles. The minimum atomic E-state index is -0.225. The van der Waals surface area contributed by atoms with Crippen molar-refractivity contribution < 1.29 is 9.13 Å². The molecule has 2 N–H and O–H groups in total. The number of hydrogen-bond acceptors (Lipinski definition) is 3. The standard InChI is InChI=1S/C13H19FN2O/c1-13(5-6-15-9-13)16-8-10-7-11(14)3-4-12(10)17-2/h3-4,7,15-16H,5-6,8-9H2,1-2H3. The van der Waals surface area contributed by atoms with E-state index in [2.05, 4.69) is 17.6 Å². The van der Waals surface area contributed by atoms with E-state index in [1.165, 1.54) is 12.1 Å². The van der Waals surface area contributed by atoms with Crippen molar-refractivity contribution in [1.82, 2.24) is 10.6 Å². The predicted octanol–water partition coefficient (Wildman–Crippen LogP) is 1.68. The van der Waals surface area contributed by atoms with Gasteiger partial charge < -0.3 is 15.4 Å². The molecule has 4 heteroatoms. The van der Waals surface area contributed by atoms with Crippen LogP contribution in [0.15, 0.2) is 18.2 Å². The average Bonchev–Trinajstić information content (AvgIpc) is 2.74. The molecule has 0 radical (unpaired) electrons. The van der Waals surface area contributed by atoms with E-state index in [0.717, 1.165) is 30.8 Å². The second kappa shape index (κ2) is 5.02. The van der Waals surface area contributed by atoms with Crippen LogP contribution in [-0.2, 0) is 6.54 Å². The number of methoxy groups -OCH3 is 1. The number of ether oxygens (including phenoxy) is 1. The van der Waals surface area contributed by atoms with E-state index in [1.54, 1.807) is 13.2 Å². The maximum Gasteiger partial charge on any atom is 0.123 e. The molecule has 1 unspecified atom stereocenters. The molecule has 0 bridgehead atoms. The molecule has 1 aliphatic heterocycles. The third kappa shape index (κ3) is 2.96. The van der Waals surface area contributed by atoms with Crippen LogP contribution in [0.2, 0.25) is 0 Å². The maximum atomic E-state index is 13.2. The van der Waals surface area contributed by atoms with Crippen molar-refractivity contribution in [2.24, 2.45) is 0 Å². The number of rotatable bonds is 4. The average molecular weight is 238 g/mol. The van der Waals surface area contributed by atoms with E-state index in [9.17, 15) is 4.39 Å². The van der Waals surface area contributed by atoms with Gasteiger partial charge in [-0.1, -0.05) is 0 Å². The van der Waals surface area contributed by atoms with Crippen molar-refractivity contribution in [3.05, 3.63) is 29.6 Å². The van der Waals surface area contributed by atoms with Gasteiger partial charge in [-0.3, -0.25) is 0 Å². The molecule has 1 aromatic rings. The minimum Gasteiger partial charge on any atom is -0.496 e.